The van der Waals surface area contributed by atoms with Gasteiger partial charge in [-0.05, 0) is 24.5 Å². The van der Waals surface area contributed by atoms with Gasteiger partial charge in [-0.3, -0.25) is 4.79 Å². The van der Waals surface area contributed by atoms with E-state index in [-0.39, 0.29) is 10.0 Å². The Bertz CT molecular complexity index is 649. The topological polar surface area (TPSA) is 54.5 Å². The van der Waals surface area contributed by atoms with Gasteiger partial charge in [-0.2, -0.15) is 0 Å². The summed E-state index contributed by atoms with van der Waals surface area (Å²) < 4.78 is 37.2. The number of amides is 1. The number of hydrogen-bond acceptors (Lipinski definition) is 3. The van der Waals surface area contributed by atoms with Crippen LogP contribution in [-0.2, 0) is 9.05 Å². The average Bonchev–Trinajstić information content (AvgIpc) is 2.36. The van der Waals surface area contributed by atoms with Gasteiger partial charge in [-0.25, -0.2) is 12.8 Å². The quantitative estimate of drug-likeness (QED) is 0.709. The molecule has 0 saturated carbocycles. The number of benzene rings is 1. The van der Waals surface area contributed by atoms with E-state index in [1.807, 2.05) is 13.8 Å². The van der Waals surface area contributed by atoms with Crippen molar-refractivity contribution in [3.8, 4) is 0 Å². The molecular weight excluding hydrogens is 385 g/mol. The Morgan fingerprint density at radius 1 is 1.43 bits per heavy atom. The summed E-state index contributed by atoms with van der Waals surface area (Å²) >= 11 is 3.06. The summed E-state index contributed by atoms with van der Waals surface area (Å²) in [5.74, 6) is -1.32. The molecule has 0 aliphatic carbocycles. The minimum atomic E-state index is -4.27. The third-order valence-electron chi connectivity index (χ3n) is 2.89. The first-order chi connectivity index (χ1) is 9.54. The monoisotopic (exact) mass is 399 g/mol. The van der Waals surface area contributed by atoms with E-state index >= 15 is 0 Å². The first kappa shape index (κ1) is 18.4. The number of carbonyl (C=O) groups excluding carboxylic acids is 1. The lowest BCUT2D eigenvalue weighted by atomic mass is 10.1. The molecule has 4 nitrogen and oxygen atoms in total. The molecule has 1 aromatic carbocycles. The minimum absolute atomic E-state index is 0.267. The molecule has 1 aromatic rings. The lowest BCUT2D eigenvalue weighted by molar-refractivity contribution is 0.0784. The van der Waals surface area contributed by atoms with Crippen molar-refractivity contribution >= 4 is 41.6 Å². The van der Waals surface area contributed by atoms with Crippen molar-refractivity contribution in [1.82, 2.24) is 4.90 Å². The van der Waals surface area contributed by atoms with Crippen LogP contribution in [0.25, 0.3) is 0 Å². The molecule has 0 atom stereocenters. The highest BCUT2D eigenvalue weighted by Gasteiger charge is 2.25. The van der Waals surface area contributed by atoms with Crippen LogP contribution in [0.4, 0.5) is 4.39 Å². The van der Waals surface area contributed by atoms with E-state index in [0.717, 1.165) is 12.5 Å². The van der Waals surface area contributed by atoms with Crippen LogP contribution in [0, 0.1) is 11.7 Å². The highest BCUT2D eigenvalue weighted by Crippen LogP contribution is 2.27. The van der Waals surface area contributed by atoms with Gasteiger partial charge in [0.15, 0.2) is 5.82 Å². The molecule has 0 N–H and O–H groups in total. The third-order valence-corrected chi connectivity index (χ3v) is 4.66. The van der Waals surface area contributed by atoms with Crippen molar-refractivity contribution < 1.29 is 17.6 Å². The molecule has 0 fully saturated rings. The van der Waals surface area contributed by atoms with E-state index in [1.165, 1.54) is 11.0 Å². The fourth-order valence-electron chi connectivity index (χ4n) is 1.66. The molecule has 1 amide bonds. The second kappa shape index (κ2) is 7.07. The lowest BCUT2D eigenvalue weighted by Gasteiger charge is -2.19. The fraction of sp³-hybridized carbons (Fsp3) is 0.462. The van der Waals surface area contributed by atoms with Crippen LogP contribution < -0.4 is 0 Å². The summed E-state index contributed by atoms with van der Waals surface area (Å²) in [5, 5.41) is 0. The SMILES string of the molecule is CC(C)CCN(C)C(=O)c1cc(Br)cc(S(=O)(=O)Cl)c1F. The van der Waals surface area contributed by atoms with Crippen LogP contribution in [0.2, 0.25) is 0 Å². The molecule has 1 rings (SSSR count). The van der Waals surface area contributed by atoms with Crippen LogP contribution in [0.1, 0.15) is 30.6 Å². The summed E-state index contributed by atoms with van der Waals surface area (Å²) in [5.41, 5.74) is -0.324. The maximum absolute atomic E-state index is 14.2. The van der Waals surface area contributed by atoms with Crippen molar-refractivity contribution in [2.75, 3.05) is 13.6 Å². The van der Waals surface area contributed by atoms with Gasteiger partial charge in [-0.15, -0.1) is 0 Å². The number of carbonyl (C=O) groups is 1. The average molecular weight is 401 g/mol. The maximum atomic E-state index is 14.2. The van der Waals surface area contributed by atoms with E-state index in [9.17, 15) is 17.6 Å². The number of nitrogens with zero attached hydrogens (tertiary/aromatic N) is 1. The van der Waals surface area contributed by atoms with Crippen LogP contribution in [-0.4, -0.2) is 32.8 Å². The van der Waals surface area contributed by atoms with Crippen LogP contribution in [0.15, 0.2) is 21.5 Å². The first-order valence-electron chi connectivity index (χ1n) is 6.23. The predicted octanol–water partition coefficient (Wildman–Crippen LogP) is 3.63. The normalized spacial score (nSPS) is 11.8. The zero-order valence-electron chi connectivity index (χ0n) is 11.9. The van der Waals surface area contributed by atoms with E-state index in [1.54, 1.807) is 7.05 Å². The van der Waals surface area contributed by atoms with E-state index in [4.69, 9.17) is 10.7 Å². The largest absolute Gasteiger partial charge is 0.342 e. The highest BCUT2D eigenvalue weighted by molar-refractivity contribution is 9.10. The van der Waals surface area contributed by atoms with Gasteiger partial charge >= 0.3 is 0 Å². The second-order valence-electron chi connectivity index (χ2n) is 5.11. The van der Waals surface area contributed by atoms with Crippen molar-refractivity contribution in [3.05, 3.63) is 28.0 Å². The molecule has 0 aliphatic rings. The van der Waals surface area contributed by atoms with Crippen LogP contribution in [0.5, 0.6) is 0 Å². The number of hydrogen-bond donors (Lipinski definition) is 0. The number of halogens is 3. The van der Waals surface area contributed by atoms with Gasteiger partial charge in [0.2, 0.25) is 0 Å². The number of rotatable bonds is 5. The Morgan fingerprint density at radius 2 is 2.00 bits per heavy atom. The van der Waals surface area contributed by atoms with Crippen molar-refractivity contribution in [3.63, 3.8) is 0 Å². The standard InChI is InChI=1S/C13H16BrClFNO3S/c1-8(2)4-5-17(3)13(18)10-6-9(14)7-11(12(10)16)21(15,19)20/h6-8H,4-5H2,1-3H3. The first-order valence-corrected chi connectivity index (χ1v) is 9.33. The molecule has 0 spiro atoms. The molecule has 21 heavy (non-hydrogen) atoms. The summed E-state index contributed by atoms with van der Waals surface area (Å²) in [4.78, 5) is 12.9. The zero-order chi connectivity index (χ0) is 16.4. The third kappa shape index (κ3) is 4.93. The Morgan fingerprint density at radius 3 is 2.48 bits per heavy atom. The molecule has 0 aliphatic heterocycles. The maximum Gasteiger partial charge on any atom is 0.264 e. The van der Waals surface area contributed by atoms with Gasteiger partial charge in [0, 0.05) is 28.7 Å². The predicted molar refractivity (Wildman–Crippen MR) is 83.6 cm³/mol. The summed E-state index contributed by atoms with van der Waals surface area (Å²) in [6.07, 6.45) is 0.762. The molecule has 0 unspecified atom stereocenters. The highest BCUT2D eigenvalue weighted by atomic mass is 79.9. The molecule has 118 valence electrons. The van der Waals surface area contributed by atoms with Gasteiger partial charge in [0.1, 0.15) is 4.90 Å². The Balaban J connectivity index is 3.19. The van der Waals surface area contributed by atoms with Crippen molar-refractivity contribution in [2.24, 2.45) is 5.92 Å². The molecule has 0 radical (unpaired) electrons. The van der Waals surface area contributed by atoms with Gasteiger partial charge in [-0.1, -0.05) is 29.8 Å². The van der Waals surface area contributed by atoms with Gasteiger partial charge in [0.05, 0.1) is 5.56 Å². The zero-order valence-corrected chi connectivity index (χ0v) is 15.0. The molecule has 0 saturated heterocycles. The molecule has 0 aromatic heterocycles. The molecule has 0 heterocycles. The van der Waals surface area contributed by atoms with E-state index in [2.05, 4.69) is 15.9 Å². The van der Waals surface area contributed by atoms with Crippen LogP contribution >= 0.6 is 26.6 Å². The lowest BCUT2D eigenvalue weighted by Crippen LogP contribution is -2.29. The summed E-state index contributed by atoms with van der Waals surface area (Å²) in [7, 11) is 2.46. The molecule has 8 heteroatoms. The van der Waals surface area contributed by atoms with Crippen molar-refractivity contribution in [1.29, 1.82) is 0 Å². The van der Waals surface area contributed by atoms with Crippen molar-refractivity contribution in [2.45, 2.75) is 25.2 Å². The van der Waals surface area contributed by atoms with E-state index in [0.29, 0.717) is 12.5 Å². The Hall–Kier alpha value is -0.660. The van der Waals surface area contributed by atoms with Crippen LogP contribution in [0.3, 0.4) is 0 Å². The molecular formula is C13H16BrClFNO3S. The Kier molecular flexibility index (Phi) is 6.19. The van der Waals surface area contributed by atoms with Gasteiger partial charge in [0.25, 0.3) is 15.0 Å². The Labute approximate surface area is 136 Å². The molecule has 0 bridgehead atoms. The second-order valence-corrected chi connectivity index (χ2v) is 8.56. The smallest absolute Gasteiger partial charge is 0.264 e. The minimum Gasteiger partial charge on any atom is -0.342 e. The fourth-order valence-corrected chi connectivity index (χ4v) is 3.19. The summed E-state index contributed by atoms with van der Waals surface area (Å²) in [6, 6.07) is 2.28. The summed E-state index contributed by atoms with van der Waals surface area (Å²) in [6.45, 7) is 4.47. The van der Waals surface area contributed by atoms with E-state index < -0.39 is 25.7 Å². The van der Waals surface area contributed by atoms with Gasteiger partial charge < -0.3 is 4.90 Å².